The Morgan fingerprint density at radius 3 is 1.84 bits per heavy atom. The van der Waals surface area contributed by atoms with Crippen LogP contribution in [0.3, 0.4) is 0 Å². The van der Waals surface area contributed by atoms with Crippen LogP contribution in [-0.2, 0) is 15.2 Å². The minimum absolute atomic E-state index is 0.130. The third kappa shape index (κ3) is 13.4. The molecule has 0 bridgehead atoms. The van der Waals surface area contributed by atoms with Crippen LogP contribution in [0.4, 0.5) is 13.2 Å². The molecule has 0 N–H and O–H groups in total. The van der Waals surface area contributed by atoms with Crippen LogP contribution in [0.1, 0.15) is 113 Å². The molecule has 0 aromatic carbocycles. The van der Waals surface area contributed by atoms with Gasteiger partial charge in [0, 0.05) is 12.6 Å². The summed E-state index contributed by atoms with van der Waals surface area (Å²) in [5.41, 5.74) is -1.22. The van der Waals surface area contributed by atoms with E-state index < -0.39 is 17.8 Å². The van der Waals surface area contributed by atoms with Crippen LogP contribution >= 0.6 is 12.0 Å². The van der Waals surface area contributed by atoms with E-state index in [1.54, 1.807) is 0 Å². The number of halogens is 3. The molecule has 0 aliphatic carbocycles. The zero-order chi connectivity index (χ0) is 23.0. The first-order valence-corrected chi connectivity index (χ1v) is 12.0. The van der Waals surface area contributed by atoms with Crippen LogP contribution < -0.4 is 0 Å². The van der Waals surface area contributed by atoms with E-state index in [0.717, 1.165) is 31.5 Å². The molecule has 0 aliphatic rings. The van der Waals surface area contributed by atoms with Gasteiger partial charge in [-0.15, -0.1) is 0 Å². The number of alkyl halides is 3. The lowest BCUT2D eigenvalue weighted by Gasteiger charge is -2.06. The predicted molar refractivity (Wildman–Crippen MR) is 118 cm³/mol. The molecule has 0 unspecified atom stereocenters. The molecule has 0 saturated heterocycles. The second-order valence-corrected chi connectivity index (χ2v) is 8.54. The number of hydrogen-bond donors (Lipinski definition) is 0. The summed E-state index contributed by atoms with van der Waals surface area (Å²) < 4.78 is 42.2. The maximum Gasteiger partial charge on any atom is 0.433 e. The first kappa shape index (κ1) is 27.5. The molecule has 8 heteroatoms. The van der Waals surface area contributed by atoms with Crippen molar-refractivity contribution < 1.29 is 26.9 Å². The summed E-state index contributed by atoms with van der Waals surface area (Å²) in [6.45, 7) is 2.23. The number of carbonyl (C=O) groups excluding carboxylic acids is 2. The molecule has 0 fully saturated rings. The molecule has 1 aromatic heterocycles. The van der Waals surface area contributed by atoms with Crippen LogP contribution in [-0.4, -0.2) is 16.1 Å². The number of hydrogen-bond acceptors (Lipinski definition) is 5. The molecular weight excluding hydrogens is 427 g/mol. The zero-order valence-corrected chi connectivity index (χ0v) is 19.2. The highest BCUT2D eigenvalue weighted by Gasteiger charge is 2.32. The molecule has 31 heavy (non-hydrogen) atoms. The van der Waals surface area contributed by atoms with Gasteiger partial charge in [0.2, 0.25) is 5.12 Å². The Morgan fingerprint density at radius 2 is 1.39 bits per heavy atom. The van der Waals surface area contributed by atoms with Gasteiger partial charge in [0.25, 0.3) is 0 Å². The minimum atomic E-state index is -4.57. The van der Waals surface area contributed by atoms with Crippen molar-refractivity contribution in [2.75, 3.05) is 0 Å². The SMILES string of the molecule is CCCCCCCCCCCCCCCC(=O)SOC(=O)c1ccc(C(F)(F)F)nc1. The molecule has 0 saturated carbocycles. The molecule has 1 aromatic rings. The number of carbonyl (C=O) groups is 2. The lowest BCUT2D eigenvalue weighted by atomic mass is 10.0. The highest BCUT2D eigenvalue weighted by Crippen LogP contribution is 2.27. The average Bonchev–Trinajstić information content (AvgIpc) is 2.74. The molecule has 1 rings (SSSR count). The largest absolute Gasteiger partial charge is 0.433 e. The van der Waals surface area contributed by atoms with Crippen LogP contribution in [0, 0.1) is 0 Å². The van der Waals surface area contributed by atoms with E-state index in [4.69, 9.17) is 4.18 Å². The zero-order valence-electron chi connectivity index (χ0n) is 18.3. The molecule has 1 heterocycles. The Labute approximate surface area is 187 Å². The van der Waals surface area contributed by atoms with Crippen molar-refractivity contribution >= 4 is 23.1 Å². The van der Waals surface area contributed by atoms with Crippen molar-refractivity contribution in [2.24, 2.45) is 0 Å². The van der Waals surface area contributed by atoms with E-state index in [0.29, 0.717) is 24.5 Å². The smallest absolute Gasteiger partial charge is 0.379 e. The lowest BCUT2D eigenvalue weighted by Crippen LogP contribution is -2.09. The highest BCUT2D eigenvalue weighted by atomic mass is 32.2. The molecular formula is C23H34F3NO3S. The number of nitrogens with zero attached hydrogens (tertiary/aromatic N) is 1. The average molecular weight is 462 g/mol. The molecule has 4 nitrogen and oxygen atoms in total. The van der Waals surface area contributed by atoms with Crippen molar-refractivity contribution in [3.8, 4) is 0 Å². The topological polar surface area (TPSA) is 56.3 Å². The lowest BCUT2D eigenvalue weighted by molar-refractivity contribution is -0.141. The van der Waals surface area contributed by atoms with Gasteiger partial charge in [-0.05, 0) is 18.6 Å². The monoisotopic (exact) mass is 461 g/mol. The van der Waals surface area contributed by atoms with Crippen molar-refractivity contribution in [1.82, 2.24) is 4.98 Å². The van der Waals surface area contributed by atoms with Gasteiger partial charge < -0.3 is 4.18 Å². The van der Waals surface area contributed by atoms with E-state index in [9.17, 15) is 22.8 Å². The van der Waals surface area contributed by atoms with E-state index in [1.807, 2.05) is 0 Å². The van der Waals surface area contributed by atoms with Gasteiger partial charge in [0.1, 0.15) is 17.7 Å². The summed E-state index contributed by atoms with van der Waals surface area (Å²) in [7, 11) is 0. The Hall–Kier alpha value is -1.57. The van der Waals surface area contributed by atoms with Crippen molar-refractivity contribution in [3.63, 3.8) is 0 Å². The fourth-order valence-corrected chi connectivity index (χ4v) is 3.64. The molecule has 0 amide bonds. The Morgan fingerprint density at radius 1 is 0.871 bits per heavy atom. The van der Waals surface area contributed by atoms with Crippen LogP contribution in [0.5, 0.6) is 0 Å². The molecule has 0 radical (unpaired) electrons. The summed E-state index contributed by atoms with van der Waals surface area (Å²) in [4.78, 5) is 26.8. The number of aromatic nitrogens is 1. The third-order valence-electron chi connectivity index (χ3n) is 4.98. The first-order chi connectivity index (χ1) is 14.8. The van der Waals surface area contributed by atoms with E-state index in [2.05, 4.69) is 11.9 Å². The van der Waals surface area contributed by atoms with Gasteiger partial charge in [-0.2, -0.15) is 13.2 Å². The summed E-state index contributed by atoms with van der Waals surface area (Å²) in [6, 6.07) is 1.69. The maximum absolute atomic E-state index is 12.5. The van der Waals surface area contributed by atoms with Gasteiger partial charge in [-0.3, -0.25) is 9.78 Å². The molecule has 176 valence electrons. The number of pyridine rings is 1. The normalized spacial score (nSPS) is 11.5. The van der Waals surface area contributed by atoms with Crippen molar-refractivity contribution in [1.29, 1.82) is 0 Å². The Kier molecular flexibility index (Phi) is 14.3. The Balaban J connectivity index is 2.01. The summed E-state index contributed by atoms with van der Waals surface area (Å²) in [5.74, 6) is -0.884. The second-order valence-electron chi connectivity index (χ2n) is 7.75. The molecule has 0 atom stereocenters. The van der Waals surface area contributed by atoms with Gasteiger partial charge in [0.15, 0.2) is 0 Å². The van der Waals surface area contributed by atoms with Gasteiger partial charge in [-0.1, -0.05) is 84.0 Å². The quantitative estimate of drug-likeness (QED) is 0.196. The van der Waals surface area contributed by atoms with Crippen LogP contribution in [0.25, 0.3) is 0 Å². The number of rotatable bonds is 15. The van der Waals surface area contributed by atoms with Gasteiger partial charge in [0.05, 0.1) is 5.56 Å². The summed E-state index contributed by atoms with van der Waals surface area (Å²) >= 11 is 0.435. The molecule has 0 aliphatic heterocycles. The van der Waals surface area contributed by atoms with E-state index >= 15 is 0 Å². The molecule has 0 spiro atoms. The summed E-state index contributed by atoms with van der Waals surface area (Å²) in [6.07, 6.45) is 12.3. The van der Waals surface area contributed by atoms with Gasteiger partial charge >= 0.3 is 12.1 Å². The number of unbranched alkanes of at least 4 members (excludes halogenated alkanes) is 12. The summed E-state index contributed by atoms with van der Waals surface area (Å²) in [5, 5.41) is -0.267. The fourth-order valence-electron chi connectivity index (χ4n) is 3.14. The Bertz CT molecular complexity index is 636. The highest BCUT2D eigenvalue weighted by molar-refractivity contribution is 8.09. The minimum Gasteiger partial charge on any atom is -0.379 e. The van der Waals surface area contributed by atoms with Crippen LogP contribution in [0.15, 0.2) is 18.3 Å². The third-order valence-corrected chi connectivity index (χ3v) is 5.61. The second kappa shape index (κ2) is 16.1. The van der Waals surface area contributed by atoms with E-state index in [-0.39, 0.29) is 10.7 Å². The predicted octanol–water partition coefficient (Wildman–Crippen LogP) is 7.91. The fraction of sp³-hybridized carbons (Fsp3) is 0.696. The van der Waals surface area contributed by atoms with Crippen molar-refractivity contribution in [3.05, 3.63) is 29.6 Å². The first-order valence-electron chi connectivity index (χ1n) is 11.3. The maximum atomic E-state index is 12.5. The van der Waals surface area contributed by atoms with Crippen molar-refractivity contribution in [2.45, 2.75) is 103 Å². The standard InChI is InChI=1S/C23H34F3NO3S/c1-2-3-4-5-6-7-8-9-10-11-12-13-14-15-21(28)31-30-22(29)19-16-17-20(27-18-19)23(24,25)26/h16-18H,2-15H2,1H3. The van der Waals surface area contributed by atoms with Gasteiger partial charge in [-0.25, -0.2) is 4.79 Å². The van der Waals surface area contributed by atoms with E-state index in [1.165, 1.54) is 64.2 Å². The van der Waals surface area contributed by atoms with Crippen LogP contribution in [0.2, 0.25) is 0 Å².